The van der Waals surface area contributed by atoms with Crippen molar-refractivity contribution >= 4 is 0 Å². The molecule has 1 atom stereocenters. The Morgan fingerprint density at radius 1 is 1.33 bits per heavy atom. The Bertz CT molecular complexity index is 125. The zero-order valence-corrected chi connectivity index (χ0v) is 6.25. The fraction of sp³-hybridized carbons (Fsp3) is 0.500. The molecule has 0 nitrogen and oxygen atoms in total. The molecular weight excluding hydrogens is 160 g/mol. The summed E-state index contributed by atoms with van der Waals surface area (Å²) in [6.07, 6.45) is 12.0. The van der Waals surface area contributed by atoms with Crippen LogP contribution in [0.25, 0.3) is 0 Å². The number of hydrogen-bond donors (Lipinski definition) is 0. The van der Waals surface area contributed by atoms with Gasteiger partial charge in [-0.25, -0.2) is 0 Å². The van der Waals surface area contributed by atoms with Gasteiger partial charge in [0.25, 0.3) is 0 Å². The molecular formula is C8H11Cu. The standard InChI is InChI=1S/C8H11.Cu/c1-2-4-6-8-7-5-3-1;/h1-5H,6-8H2;/b2-1-,5-3-;. The van der Waals surface area contributed by atoms with Crippen LogP contribution in [0, 0.1) is 0 Å². The van der Waals surface area contributed by atoms with Gasteiger partial charge in [0.05, 0.1) is 0 Å². The second-order valence-electron chi connectivity index (χ2n) is 2.20. The predicted octanol–water partition coefficient (Wildman–Crippen LogP) is 2.62. The number of allylic oxidation sites excluding steroid dienone is 4. The maximum absolute atomic E-state index is 5.26. The normalized spacial score (nSPS) is 34.7. The molecule has 0 heterocycles. The van der Waals surface area contributed by atoms with Gasteiger partial charge in [0, 0.05) is 0 Å². The minimum absolute atomic E-state index is 0.349. The molecule has 1 heteroatoms. The Hall–Kier alpha value is -0.000519. The summed E-state index contributed by atoms with van der Waals surface area (Å²) in [6.45, 7) is 0. The van der Waals surface area contributed by atoms with Gasteiger partial charge in [-0.2, -0.15) is 0 Å². The fourth-order valence-corrected chi connectivity index (χ4v) is 1.16. The molecule has 0 spiro atoms. The van der Waals surface area contributed by atoms with E-state index in [-0.39, 0.29) is 0 Å². The van der Waals surface area contributed by atoms with E-state index < -0.39 is 0 Å². The van der Waals surface area contributed by atoms with Gasteiger partial charge in [0.2, 0.25) is 0 Å². The summed E-state index contributed by atoms with van der Waals surface area (Å²) in [4.78, 5) is 0.349. The Morgan fingerprint density at radius 3 is 3.11 bits per heavy atom. The van der Waals surface area contributed by atoms with E-state index in [9.17, 15) is 0 Å². The van der Waals surface area contributed by atoms with Crippen molar-refractivity contribution in [2.24, 2.45) is 0 Å². The van der Waals surface area contributed by atoms with Crippen LogP contribution in [-0.4, -0.2) is 0 Å². The summed E-state index contributed by atoms with van der Waals surface area (Å²) < 4.78 is 0. The third-order valence-electron chi connectivity index (χ3n) is 1.38. The minimum atomic E-state index is 0.349. The van der Waals surface area contributed by atoms with E-state index in [1.54, 1.807) is 0 Å². The van der Waals surface area contributed by atoms with Crippen LogP contribution in [0.4, 0.5) is 0 Å². The summed E-state index contributed by atoms with van der Waals surface area (Å²) in [6, 6.07) is 0. The molecule has 0 aromatic rings. The molecule has 1 aliphatic carbocycles. The van der Waals surface area contributed by atoms with E-state index in [0.717, 1.165) is 6.42 Å². The monoisotopic (exact) mass is 170 g/mol. The van der Waals surface area contributed by atoms with Crippen LogP contribution in [0.1, 0.15) is 19.3 Å². The Balaban J connectivity index is 2.44. The van der Waals surface area contributed by atoms with Gasteiger partial charge in [-0.1, -0.05) is 0 Å². The summed E-state index contributed by atoms with van der Waals surface area (Å²) in [7, 11) is 0. The summed E-state index contributed by atoms with van der Waals surface area (Å²) in [5.41, 5.74) is 0. The zero-order valence-electron chi connectivity index (χ0n) is 5.31. The van der Waals surface area contributed by atoms with E-state index in [1.165, 1.54) is 12.8 Å². The van der Waals surface area contributed by atoms with E-state index in [2.05, 4.69) is 18.2 Å². The maximum atomic E-state index is 5.26. The molecule has 1 unspecified atom stereocenters. The molecule has 0 aliphatic heterocycles. The molecule has 0 bridgehead atoms. The SMILES string of the molecule is [Cu][CH]1/C=C\C=C/CCC1. The Labute approximate surface area is 64.8 Å². The van der Waals surface area contributed by atoms with E-state index in [1.807, 2.05) is 6.08 Å². The van der Waals surface area contributed by atoms with Crippen molar-refractivity contribution in [2.45, 2.75) is 24.1 Å². The molecule has 0 radical (unpaired) electrons. The summed E-state index contributed by atoms with van der Waals surface area (Å²) in [5.74, 6) is 0. The quantitative estimate of drug-likeness (QED) is 0.491. The van der Waals surface area contributed by atoms with Crippen LogP contribution in [0.15, 0.2) is 24.3 Å². The third kappa shape index (κ3) is 2.88. The van der Waals surface area contributed by atoms with Crippen molar-refractivity contribution in [3.63, 3.8) is 0 Å². The van der Waals surface area contributed by atoms with Crippen LogP contribution >= 0.6 is 0 Å². The number of hydrogen-bond acceptors (Lipinski definition) is 0. The summed E-state index contributed by atoms with van der Waals surface area (Å²) >= 11 is 5.26. The number of rotatable bonds is 0. The first-order chi connectivity index (χ1) is 4.39. The van der Waals surface area contributed by atoms with Crippen LogP contribution in [0.3, 0.4) is 0 Å². The topological polar surface area (TPSA) is 0 Å². The van der Waals surface area contributed by atoms with Crippen LogP contribution in [-0.2, 0) is 16.0 Å². The molecule has 0 aromatic carbocycles. The Kier molecular flexibility index (Phi) is 3.10. The van der Waals surface area contributed by atoms with Gasteiger partial charge in [-0.05, 0) is 0 Å². The molecule has 0 fully saturated rings. The van der Waals surface area contributed by atoms with Crippen molar-refractivity contribution in [3.8, 4) is 0 Å². The van der Waals surface area contributed by atoms with Crippen molar-refractivity contribution in [1.82, 2.24) is 0 Å². The molecule has 1 aliphatic rings. The van der Waals surface area contributed by atoms with E-state index >= 15 is 0 Å². The van der Waals surface area contributed by atoms with Gasteiger partial charge in [-0.15, -0.1) is 0 Å². The van der Waals surface area contributed by atoms with Gasteiger partial charge in [0.1, 0.15) is 0 Å². The first-order valence-electron chi connectivity index (χ1n) is 3.32. The van der Waals surface area contributed by atoms with Crippen LogP contribution in [0.5, 0.6) is 0 Å². The first kappa shape index (κ1) is 7.11. The van der Waals surface area contributed by atoms with E-state index in [4.69, 9.17) is 16.0 Å². The third-order valence-corrected chi connectivity index (χ3v) is 1.83. The molecule has 0 saturated carbocycles. The van der Waals surface area contributed by atoms with Crippen molar-refractivity contribution in [2.75, 3.05) is 0 Å². The molecule has 0 saturated heterocycles. The second kappa shape index (κ2) is 3.92. The van der Waals surface area contributed by atoms with Gasteiger partial charge in [-0.3, -0.25) is 0 Å². The average Bonchev–Trinajstić information content (AvgIpc) is 1.79. The van der Waals surface area contributed by atoms with Crippen molar-refractivity contribution in [1.29, 1.82) is 0 Å². The zero-order chi connectivity index (χ0) is 6.53. The second-order valence-corrected chi connectivity index (χ2v) is 2.90. The predicted molar refractivity (Wildman–Crippen MR) is 35.9 cm³/mol. The van der Waals surface area contributed by atoms with Gasteiger partial charge >= 0.3 is 64.4 Å². The molecule has 0 N–H and O–H groups in total. The van der Waals surface area contributed by atoms with Gasteiger partial charge < -0.3 is 0 Å². The Morgan fingerprint density at radius 2 is 2.22 bits per heavy atom. The fourth-order valence-electron chi connectivity index (χ4n) is 0.862. The first-order valence-corrected chi connectivity index (χ1v) is 3.87. The van der Waals surface area contributed by atoms with Crippen LogP contribution in [0.2, 0.25) is 4.82 Å². The average molecular weight is 171 g/mol. The molecule has 54 valence electrons. The summed E-state index contributed by atoms with van der Waals surface area (Å²) in [5, 5.41) is 0. The van der Waals surface area contributed by atoms with Gasteiger partial charge in [0.15, 0.2) is 0 Å². The van der Waals surface area contributed by atoms with Crippen molar-refractivity contribution < 1.29 is 16.0 Å². The van der Waals surface area contributed by atoms with Crippen LogP contribution < -0.4 is 0 Å². The molecule has 0 aromatic heterocycles. The molecule has 1 rings (SSSR count). The van der Waals surface area contributed by atoms with E-state index in [0.29, 0.717) is 4.82 Å². The van der Waals surface area contributed by atoms with Crippen molar-refractivity contribution in [3.05, 3.63) is 24.3 Å². The molecule has 9 heavy (non-hydrogen) atoms. The molecule has 0 amide bonds.